The Balaban J connectivity index is 2.90. The van der Waals surface area contributed by atoms with Gasteiger partial charge in [0.1, 0.15) is 5.82 Å². The predicted molar refractivity (Wildman–Crippen MR) is 65.5 cm³/mol. The van der Waals surface area contributed by atoms with E-state index >= 15 is 0 Å². The van der Waals surface area contributed by atoms with Crippen LogP contribution >= 0.6 is 11.6 Å². The van der Waals surface area contributed by atoms with E-state index in [1.807, 2.05) is 0 Å². The zero-order valence-corrected chi connectivity index (χ0v) is 10.4. The Morgan fingerprint density at radius 1 is 1.50 bits per heavy atom. The van der Waals surface area contributed by atoms with Crippen LogP contribution in [0.25, 0.3) is 0 Å². The zero-order chi connectivity index (χ0) is 12.1. The van der Waals surface area contributed by atoms with E-state index < -0.39 is 0 Å². The number of rotatable bonds is 5. The lowest BCUT2D eigenvalue weighted by Gasteiger charge is -2.20. The Labute approximate surface area is 101 Å². The van der Waals surface area contributed by atoms with Crippen LogP contribution in [-0.2, 0) is 0 Å². The second-order valence-electron chi connectivity index (χ2n) is 4.11. The van der Waals surface area contributed by atoms with Crippen molar-refractivity contribution in [2.24, 2.45) is 11.8 Å². The van der Waals surface area contributed by atoms with E-state index in [4.69, 9.17) is 17.4 Å². The highest BCUT2D eigenvalue weighted by atomic mass is 35.5. The molecule has 4 heteroatoms. The molecular formula is C12H18ClFN2. The third-order valence-electron chi connectivity index (χ3n) is 2.89. The number of hydrogen-bond donors (Lipinski definition) is 2. The Morgan fingerprint density at radius 2 is 2.19 bits per heavy atom. The monoisotopic (exact) mass is 244 g/mol. The van der Waals surface area contributed by atoms with Gasteiger partial charge >= 0.3 is 0 Å². The summed E-state index contributed by atoms with van der Waals surface area (Å²) in [6.45, 7) is 4.22. The van der Waals surface area contributed by atoms with Gasteiger partial charge in [0, 0.05) is 11.6 Å². The molecule has 2 unspecified atom stereocenters. The number of hydrogen-bond acceptors (Lipinski definition) is 2. The van der Waals surface area contributed by atoms with Crippen molar-refractivity contribution in [1.82, 2.24) is 5.43 Å². The summed E-state index contributed by atoms with van der Waals surface area (Å²) in [5.41, 5.74) is 3.19. The van der Waals surface area contributed by atoms with Gasteiger partial charge in [-0.05, 0) is 18.4 Å². The number of halogens is 2. The molecule has 0 aliphatic rings. The summed E-state index contributed by atoms with van der Waals surface area (Å²) >= 11 is 5.74. The van der Waals surface area contributed by atoms with E-state index in [0.717, 1.165) is 12.8 Å². The van der Waals surface area contributed by atoms with Gasteiger partial charge in [0.25, 0.3) is 0 Å². The van der Waals surface area contributed by atoms with Gasteiger partial charge in [-0.3, -0.25) is 11.3 Å². The van der Waals surface area contributed by atoms with Crippen molar-refractivity contribution in [2.75, 3.05) is 0 Å². The second kappa shape index (κ2) is 6.18. The molecule has 2 atom stereocenters. The van der Waals surface area contributed by atoms with Crippen molar-refractivity contribution >= 4 is 11.6 Å². The molecule has 0 saturated heterocycles. The molecule has 0 saturated carbocycles. The highest BCUT2D eigenvalue weighted by molar-refractivity contribution is 6.30. The van der Waals surface area contributed by atoms with Crippen LogP contribution in [0.4, 0.5) is 4.39 Å². The molecule has 0 amide bonds. The molecule has 0 fully saturated rings. The molecule has 90 valence electrons. The maximum atomic E-state index is 13.8. The number of nitrogens with two attached hydrogens (primary N) is 1. The first-order chi connectivity index (χ1) is 7.60. The summed E-state index contributed by atoms with van der Waals surface area (Å²) in [7, 11) is 0. The third-order valence-corrected chi connectivity index (χ3v) is 3.18. The van der Waals surface area contributed by atoms with Crippen LogP contribution < -0.4 is 11.3 Å². The maximum absolute atomic E-state index is 13.8. The third kappa shape index (κ3) is 3.17. The Bertz CT molecular complexity index is 344. The van der Waals surface area contributed by atoms with Gasteiger partial charge < -0.3 is 0 Å². The van der Waals surface area contributed by atoms with Gasteiger partial charge in [0.2, 0.25) is 0 Å². The Kier molecular flexibility index (Phi) is 5.19. The summed E-state index contributed by atoms with van der Waals surface area (Å²) in [6.07, 6.45) is 1.84. The smallest absolute Gasteiger partial charge is 0.146 e. The summed E-state index contributed by atoms with van der Waals surface area (Å²) in [6, 6.07) is 4.81. The summed E-state index contributed by atoms with van der Waals surface area (Å²) in [5, 5.41) is 0.141. The van der Waals surface area contributed by atoms with Crippen LogP contribution in [0.15, 0.2) is 18.2 Å². The van der Waals surface area contributed by atoms with Gasteiger partial charge in [-0.2, -0.15) is 0 Å². The summed E-state index contributed by atoms with van der Waals surface area (Å²) < 4.78 is 13.8. The normalized spacial score (nSPS) is 14.8. The second-order valence-corrected chi connectivity index (χ2v) is 4.52. The fourth-order valence-electron chi connectivity index (χ4n) is 1.64. The van der Waals surface area contributed by atoms with Crippen molar-refractivity contribution in [3.63, 3.8) is 0 Å². The van der Waals surface area contributed by atoms with Crippen LogP contribution in [0.5, 0.6) is 0 Å². The average Bonchev–Trinajstić information content (AvgIpc) is 2.29. The van der Waals surface area contributed by atoms with Crippen molar-refractivity contribution in [3.05, 3.63) is 34.6 Å². The molecule has 2 nitrogen and oxygen atoms in total. The largest absolute Gasteiger partial charge is 0.271 e. The molecule has 0 heterocycles. The minimum Gasteiger partial charge on any atom is -0.271 e. The number of hydrazine groups is 1. The van der Waals surface area contributed by atoms with Crippen molar-refractivity contribution in [3.8, 4) is 0 Å². The van der Waals surface area contributed by atoms with E-state index in [0.29, 0.717) is 11.5 Å². The first-order valence-corrected chi connectivity index (χ1v) is 5.88. The topological polar surface area (TPSA) is 38.0 Å². The predicted octanol–water partition coefficient (Wildman–Crippen LogP) is 3.42. The molecule has 0 aliphatic heterocycles. The minimum atomic E-state index is -0.379. The summed E-state index contributed by atoms with van der Waals surface area (Å²) in [5.74, 6) is 5.57. The van der Waals surface area contributed by atoms with Crippen LogP contribution in [0.3, 0.4) is 0 Å². The van der Waals surface area contributed by atoms with Crippen molar-refractivity contribution < 1.29 is 4.39 Å². The van der Waals surface area contributed by atoms with Crippen LogP contribution in [-0.4, -0.2) is 0 Å². The minimum absolute atomic E-state index is 0.141. The van der Waals surface area contributed by atoms with Gasteiger partial charge in [-0.1, -0.05) is 44.0 Å². The van der Waals surface area contributed by atoms with Gasteiger partial charge in [0.15, 0.2) is 0 Å². The standard InChI is InChI=1S/C12H18ClFN2/c1-3-8(2)7-11(16-15)9-5-4-6-10(13)12(9)14/h4-6,8,11,16H,3,7,15H2,1-2H3. The molecule has 0 aromatic heterocycles. The Hall–Kier alpha value is -0.640. The zero-order valence-electron chi connectivity index (χ0n) is 9.63. The molecule has 0 spiro atoms. The molecule has 1 aromatic carbocycles. The van der Waals surface area contributed by atoms with Crippen LogP contribution in [0.1, 0.15) is 38.3 Å². The highest BCUT2D eigenvalue weighted by Crippen LogP contribution is 2.27. The van der Waals surface area contributed by atoms with Crippen molar-refractivity contribution in [1.29, 1.82) is 0 Å². The molecule has 0 radical (unpaired) electrons. The molecule has 3 N–H and O–H groups in total. The molecule has 1 rings (SSSR count). The Morgan fingerprint density at radius 3 is 2.75 bits per heavy atom. The highest BCUT2D eigenvalue weighted by Gasteiger charge is 2.18. The van der Waals surface area contributed by atoms with E-state index in [9.17, 15) is 4.39 Å². The quantitative estimate of drug-likeness (QED) is 0.615. The average molecular weight is 245 g/mol. The van der Waals surface area contributed by atoms with E-state index in [1.54, 1.807) is 12.1 Å². The molecule has 16 heavy (non-hydrogen) atoms. The number of benzene rings is 1. The molecular weight excluding hydrogens is 227 g/mol. The molecule has 1 aromatic rings. The first-order valence-electron chi connectivity index (χ1n) is 5.50. The lowest BCUT2D eigenvalue weighted by atomic mass is 9.94. The lowest BCUT2D eigenvalue weighted by Crippen LogP contribution is -2.30. The van der Waals surface area contributed by atoms with Crippen molar-refractivity contribution in [2.45, 2.75) is 32.7 Å². The SMILES string of the molecule is CCC(C)CC(NN)c1cccc(Cl)c1F. The maximum Gasteiger partial charge on any atom is 0.146 e. The van der Waals surface area contributed by atoms with Crippen LogP contribution in [0, 0.1) is 11.7 Å². The first kappa shape index (κ1) is 13.4. The number of nitrogens with one attached hydrogen (secondary N) is 1. The molecule has 0 aliphatic carbocycles. The van der Waals surface area contributed by atoms with Gasteiger partial charge in [0.05, 0.1) is 5.02 Å². The van der Waals surface area contributed by atoms with Gasteiger partial charge in [-0.25, -0.2) is 4.39 Å². The fourth-order valence-corrected chi connectivity index (χ4v) is 1.83. The van der Waals surface area contributed by atoms with Crippen LogP contribution in [0.2, 0.25) is 5.02 Å². The van der Waals surface area contributed by atoms with E-state index in [-0.39, 0.29) is 16.9 Å². The lowest BCUT2D eigenvalue weighted by molar-refractivity contribution is 0.397. The fraction of sp³-hybridized carbons (Fsp3) is 0.500. The summed E-state index contributed by atoms with van der Waals surface area (Å²) in [4.78, 5) is 0. The molecule has 0 bridgehead atoms. The van der Waals surface area contributed by atoms with Gasteiger partial charge in [-0.15, -0.1) is 0 Å². The van der Waals surface area contributed by atoms with E-state index in [2.05, 4.69) is 19.3 Å². The van der Waals surface area contributed by atoms with E-state index in [1.165, 1.54) is 6.07 Å².